The third-order valence-corrected chi connectivity index (χ3v) is 4.25. The van der Waals surface area contributed by atoms with Crippen LogP contribution in [0.25, 0.3) is 0 Å². The fourth-order valence-corrected chi connectivity index (χ4v) is 2.82. The van der Waals surface area contributed by atoms with E-state index in [2.05, 4.69) is 24.4 Å². The highest BCUT2D eigenvalue weighted by molar-refractivity contribution is 5.77. The Bertz CT molecular complexity index is 428. The first kappa shape index (κ1) is 17.0. The lowest BCUT2D eigenvalue weighted by Gasteiger charge is -2.32. The molecule has 1 aromatic carbocycles. The molecule has 0 atom stereocenters. The van der Waals surface area contributed by atoms with E-state index in [9.17, 15) is 4.79 Å². The summed E-state index contributed by atoms with van der Waals surface area (Å²) < 4.78 is 5.54. The molecule has 4 nitrogen and oxygen atoms in total. The molecule has 0 spiro atoms. The molecule has 1 aliphatic rings. The van der Waals surface area contributed by atoms with Crippen molar-refractivity contribution >= 4 is 5.91 Å². The topological polar surface area (TPSA) is 41.6 Å². The summed E-state index contributed by atoms with van der Waals surface area (Å²) in [4.78, 5) is 14.1. The fourth-order valence-electron chi connectivity index (χ4n) is 2.82. The van der Waals surface area contributed by atoms with Crippen LogP contribution < -0.4 is 5.32 Å². The van der Waals surface area contributed by atoms with Gasteiger partial charge in [0.25, 0.3) is 0 Å². The summed E-state index contributed by atoms with van der Waals surface area (Å²) in [6.45, 7) is 6.79. The third-order valence-electron chi connectivity index (χ3n) is 4.25. The van der Waals surface area contributed by atoms with Crippen LogP contribution in [0.5, 0.6) is 0 Å². The number of nitrogens with one attached hydrogen (secondary N) is 1. The molecule has 4 heteroatoms. The van der Waals surface area contributed by atoms with Crippen LogP contribution in [0.2, 0.25) is 0 Å². The first-order chi connectivity index (χ1) is 10.8. The zero-order valence-corrected chi connectivity index (χ0v) is 13.6. The molecule has 1 aromatic rings. The quantitative estimate of drug-likeness (QED) is 0.748. The SMILES string of the molecule is CCNCC1CCN(C(=O)COCCc2ccccc2)CC1. The van der Waals surface area contributed by atoms with E-state index in [1.807, 2.05) is 23.1 Å². The number of nitrogens with zero attached hydrogens (tertiary/aromatic N) is 1. The minimum atomic E-state index is 0.134. The van der Waals surface area contributed by atoms with E-state index in [4.69, 9.17) is 4.74 Å². The molecule has 0 bridgehead atoms. The fraction of sp³-hybridized carbons (Fsp3) is 0.611. The number of hydrogen-bond acceptors (Lipinski definition) is 3. The van der Waals surface area contributed by atoms with E-state index in [0.29, 0.717) is 12.5 Å². The summed E-state index contributed by atoms with van der Waals surface area (Å²) in [6, 6.07) is 10.2. The first-order valence-corrected chi connectivity index (χ1v) is 8.39. The second-order valence-electron chi connectivity index (χ2n) is 5.92. The van der Waals surface area contributed by atoms with Crippen LogP contribution in [0.15, 0.2) is 30.3 Å². The Balaban J connectivity index is 1.58. The van der Waals surface area contributed by atoms with Crippen LogP contribution in [0, 0.1) is 5.92 Å². The van der Waals surface area contributed by atoms with Crippen molar-refractivity contribution < 1.29 is 9.53 Å². The van der Waals surface area contributed by atoms with Gasteiger partial charge in [0.1, 0.15) is 6.61 Å². The predicted octanol–water partition coefficient (Wildman–Crippen LogP) is 2.09. The summed E-state index contributed by atoms with van der Waals surface area (Å²) in [5, 5.41) is 3.39. The monoisotopic (exact) mass is 304 g/mol. The van der Waals surface area contributed by atoms with Crippen molar-refractivity contribution in [3.63, 3.8) is 0 Å². The van der Waals surface area contributed by atoms with Gasteiger partial charge in [0.05, 0.1) is 6.61 Å². The van der Waals surface area contributed by atoms with E-state index < -0.39 is 0 Å². The van der Waals surface area contributed by atoms with Crippen LogP contribution in [0.1, 0.15) is 25.3 Å². The second-order valence-corrected chi connectivity index (χ2v) is 5.92. The van der Waals surface area contributed by atoms with Crippen LogP contribution in [0.4, 0.5) is 0 Å². The molecule has 1 fully saturated rings. The van der Waals surface area contributed by atoms with Crippen molar-refractivity contribution in [2.45, 2.75) is 26.2 Å². The molecular weight excluding hydrogens is 276 g/mol. The number of amides is 1. The molecule has 1 amide bonds. The minimum Gasteiger partial charge on any atom is -0.371 e. The standard InChI is InChI=1S/C18H28N2O2/c1-2-19-14-17-8-11-20(12-9-17)18(21)15-22-13-10-16-6-4-3-5-7-16/h3-7,17,19H,2,8-15H2,1H3. The molecule has 0 saturated carbocycles. The molecule has 1 saturated heterocycles. The van der Waals surface area contributed by atoms with Crippen molar-refractivity contribution in [1.29, 1.82) is 0 Å². The molecule has 1 aliphatic heterocycles. The van der Waals surface area contributed by atoms with E-state index in [-0.39, 0.29) is 12.5 Å². The molecule has 0 aromatic heterocycles. The number of benzene rings is 1. The van der Waals surface area contributed by atoms with Crippen molar-refractivity contribution in [2.75, 3.05) is 39.4 Å². The highest BCUT2D eigenvalue weighted by atomic mass is 16.5. The maximum absolute atomic E-state index is 12.1. The molecular formula is C18H28N2O2. The van der Waals surface area contributed by atoms with Crippen molar-refractivity contribution in [2.24, 2.45) is 5.92 Å². The Hall–Kier alpha value is -1.39. The average molecular weight is 304 g/mol. The number of carbonyl (C=O) groups is 1. The number of ether oxygens (including phenoxy) is 1. The van der Waals surface area contributed by atoms with Gasteiger partial charge in [0, 0.05) is 13.1 Å². The maximum atomic E-state index is 12.1. The van der Waals surface area contributed by atoms with E-state index in [1.54, 1.807) is 0 Å². The normalized spacial score (nSPS) is 16.0. The molecule has 1 N–H and O–H groups in total. The Morgan fingerprint density at radius 1 is 1.27 bits per heavy atom. The van der Waals surface area contributed by atoms with Crippen molar-refractivity contribution in [1.82, 2.24) is 10.2 Å². The van der Waals surface area contributed by atoms with E-state index >= 15 is 0 Å². The van der Waals surface area contributed by atoms with Crippen LogP contribution in [-0.2, 0) is 16.0 Å². The van der Waals surface area contributed by atoms with Gasteiger partial charge in [-0.15, -0.1) is 0 Å². The van der Waals surface area contributed by atoms with Gasteiger partial charge >= 0.3 is 0 Å². The van der Waals surface area contributed by atoms with Gasteiger partial charge in [-0.05, 0) is 43.8 Å². The molecule has 2 rings (SSSR count). The van der Waals surface area contributed by atoms with Crippen molar-refractivity contribution in [3.8, 4) is 0 Å². The summed E-state index contributed by atoms with van der Waals surface area (Å²) in [5.41, 5.74) is 1.25. The number of rotatable bonds is 8. The number of hydrogen-bond donors (Lipinski definition) is 1. The van der Waals surface area contributed by atoms with Gasteiger partial charge in [0.15, 0.2) is 0 Å². The Kier molecular flexibility index (Phi) is 7.40. The molecule has 22 heavy (non-hydrogen) atoms. The summed E-state index contributed by atoms with van der Waals surface area (Å²) in [6.07, 6.45) is 3.06. The highest BCUT2D eigenvalue weighted by Gasteiger charge is 2.22. The highest BCUT2D eigenvalue weighted by Crippen LogP contribution is 2.16. The van der Waals surface area contributed by atoms with E-state index in [0.717, 1.165) is 45.4 Å². The van der Waals surface area contributed by atoms with Crippen molar-refractivity contribution in [3.05, 3.63) is 35.9 Å². The zero-order chi connectivity index (χ0) is 15.6. The van der Waals surface area contributed by atoms with Crippen LogP contribution in [-0.4, -0.2) is 50.2 Å². The van der Waals surface area contributed by atoms with Gasteiger partial charge in [-0.25, -0.2) is 0 Å². The Labute approximate surface area is 133 Å². The summed E-state index contributed by atoms with van der Waals surface area (Å²) >= 11 is 0. The minimum absolute atomic E-state index is 0.134. The lowest BCUT2D eigenvalue weighted by atomic mass is 9.97. The number of likely N-dealkylation sites (tertiary alicyclic amines) is 1. The smallest absolute Gasteiger partial charge is 0.248 e. The largest absolute Gasteiger partial charge is 0.371 e. The van der Waals surface area contributed by atoms with Gasteiger partial charge in [0.2, 0.25) is 5.91 Å². The molecule has 0 unspecified atom stereocenters. The summed E-state index contributed by atoms with van der Waals surface area (Å²) in [5.74, 6) is 0.845. The van der Waals surface area contributed by atoms with Gasteiger partial charge < -0.3 is 15.0 Å². The molecule has 0 radical (unpaired) electrons. The molecule has 0 aliphatic carbocycles. The lowest BCUT2D eigenvalue weighted by molar-refractivity contribution is -0.137. The maximum Gasteiger partial charge on any atom is 0.248 e. The second kappa shape index (κ2) is 9.59. The Morgan fingerprint density at radius 3 is 2.68 bits per heavy atom. The molecule has 122 valence electrons. The third kappa shape index (κ3) is 5.78. The first-order valence-electron chi connectivity index (χ1n) is 8.39. The number of carbonyl (C=O) groups excluding carboxylic acids is 1. The van der Waals surface area contributed by atoms with Crippen LogP contribution in [0.3, 0.4) is 0 Å². The Morgan fingerprint density at radius 2 is 2.00 bits per heavy atom. The summed E-state index contributed by atoms with van der Waals surface area (Å²) in [7, 11) is 0. The predicted molar refractivity (Wildman–Crippen MR) is 88.8 cm³/mol. The average Bonchev–Trinajstić information content (AvgIpc) is 2.58. The molecule has 1 heterocycles. The van der Waals surface area contributed by atoms with Gasteiger partial charge in [-0.3, -0.25) is 4.79 Å². The lowest BCUT2D eigenvalue weighted by Crippen LogP contribution is -2.42. The van der Waals surface area contributed by atoms with E-state index in [1.165, 1.54) is 5.56 Å². The van der Waals surface area contributed by atoms with Crippen LogP contribution >= 0.6 is 0 Å². The zero-order valence-electron chi connectivity index (χ0n) is 13.6. The van der Waals surface area contributed by atoms with Gasteiger partial charge in [-0.2, -0.15) is 0 Å². The number of piperidine rings is 1. The van der Waals surface area contributed by atoms with Gasteiger partial charge in [-0.1, -0.05) is 37.3 Å².